The predicted molar refractivity (Wildman–Crippen MR) is 138 cm³/mol. The summed E-state index contributed by atoms with van der Waals surface area (Å²) in [5, 5.41) is 8.33. The molecule has 8 nitrogen and oxygen atoms in total. The second-order valence-electron chi connectivity index (χ2n) is 10.2. The van der Waals surface area contributed by atoms with Gasteiger partial charge in [-0.2, -0.15) is 4.98 Å². The van der Waals surface area contributed by atoms with Crippen LogP contribution in [0.4, 0.5) is 17.6 Å². The van der Waals surface area contributed by atoms with Crippen LogP contribution in [0.25, 0.3) is 10.8 Å². The van der Waals surface area contributed by atoms with Gasteiger partial charge in [0, 0.05) is 49.8 Å². The van der Waals surface area contributed by atoms with Crippen molar-refractivity contribution >= 4 is 34.3 Å². The Kier molecular flexibility index (Phi) is 6.70. The van der Waals surface area contributed by atoms with Crippen molar-refractivity contribution in [3.8, 4) is 5.75 Å². The topological polar surface area (TPSA) is 92.3 Å². The van der Waals surface area contributed by atoms with E-state index in [4.69, 9.17) is 9.72 Å². The predicted octanol–water partition coefficient (Wildman–Crippen LogP) is 4.64. The summed E-state index contributed by atoms with van der Waals surface area (Å²) in [7, 11) is 0. The number of anilines is 3. The molecule has 0 bridgehead atoms. The molecule has 0 aliphatic carbocycles. The fraction of sp³-hybridized carbons (Fsp3) is 0.481. The van der Waals surface area contributed by atoms with Gasteiger partial charge in [-0.1, -0.05) is 26.8 Å². The quantitative estimate of drug-likeness (QED) is 0.515. The number of carbonyl (C=O) groups is 1. The summed E-state index contributed by atoms with van der Waals surface area (Å²) >= 11 is 0. The fourth-order valence-corrected chi connectivity index (χ4v) is 5.00. The van der Waals surface area contributed by atoms with Crippen LogP contribution in [0.5, 0.6) is 5.75 Å². The lowest BCUT2D eigenvalue weighted by Gasteiger charge is -2.30. The molecule has 1 amide bonds. The maximum absolute atomic E-state index is 11.5. The second-order valence-corrected chi connectivity index (χ2v) is 10.2. The van der Waals surface area contributed by atoms with Crippen molar-refractivity contribution in [2.45, 2.75) is 46.0 Å². The Morgan fingerprint density at radius 2 is 2.09 bits per heavy atom. The first kappa shape index (κ1) is 23.3. The van der Waals surface area contributed by atoms with Crippen molar-refractivity contribution in [1.82, 2.24) is 20.3 Å². The Hall–Kier alpha value is -3.42. The van der Waals surface area contributed by atoms with E-state index in [9.17, 15) is 4.79 Å². The molecule has 0 radical (unpaired) electrons. The van der Waals surface area contributed by atoms with Gasteiger partial charge in [-0.05, 0) is 53.8 Å². The molecule has 3 aromatic rings. The first-order chi connectivity index (χ1) is 17.0. The number of piperidine rings is 1. The van der Waals surface area contributed by atoms with Gasteiger partial charge < -0.3 is 20.3 Å². The van der Waals surface area contributed by atoms with Crippen LogP contribution in [0, 0.1) is 11.8 Å². The number of hydrogen-bond acceptors (Lipinski definition) is 7. The lowest BCUT2D eigenvalue weighted by atomic mass is 9.96. The minimum Gasteiger partial charge on any atom is -0.493 e. The molecule has 2 aliphatic rings. The molecule has 35 heavy (non-hydrogen) atoms. The maximum Gasteiger partial charge on any atom is 0.227 e. The van der Waals surface area contributed by atoms with Crippen molar-refractivity contribution in [3.05, 3.63) is 42.2 Å². The highest BCUT2D eigenvalue weighted by Gasteiger charge is 2.23. The van der Waals surface area contributed by atoms with Gasteiger partial charge in [-0.15, -0.1) is 0 Å². The minimum atomic E-state index is 0.0960. The summed E-state index contributed by atoms with van der Waals surface area (Å²) in [6.45, 7) is 9.82. The Bertz CT molecular complexity index is 1210. The van der Waals surface area contributed by atoms with Crippen molar-refractivity contribution in [1.29, 1.82) is 0 Å². The number of nitrogens with zero attached hydrogens (tertiary/aromatic N) is 4. The average molecular weight is 475 g/mol. The standard InChI is InChI=1S/C27H34N6O2/c1-17(2)20-6-7-23(35-16-19-11-26(34)30-13-19)22-14-29-25(12-21(20)22)31-24-8-9-28-27(32-24)33-10-4-5-18(3)15-33/h6-9,12,14,17-19H,4-5,10-11,13,15-16H2,1-3H3,(H,30,34)(H,28,29,31,32). The minimum absolute atomic E-state index is 0.0960. The van der Waals surface area contributed by atoms with Crippen molar-refractivity contribution < 1.29 is 9.53 Å². The molecule has 2 aromatic heterocycles. The SMILES string of the molecule is CC1CCCN(c2nccc(Nc3cc4c(C(C)C)ccc(OCC5CNC(=O)C5)c4cn3)n2)C1. The van der Waals surface area contributed by atoms with Crippen LogP contribution in [0.15, 0.2) is 36.7 Å². The van der Waals surface area contributed by atoms with E-state index in [-0.39, 0.29) is 11.8 Å². The first-order valence-electron chi connectivity index (χ1n) is 12.6. The first-order valence-corrected chi connectivity index (χ1v) is 12.6. The summed E-state index contributed by atoms with van der Waals surface area (Å²) < 4.78 is 6.16. The molecule has 2 N–H and O–H groups in total. The van der Waals surface area contributed by atoms with Crippen LogP contribution in [0.2, 0.25) is 0 Å². The smallest absolute Gasteiger partial charge is 0.227 e. The van der Waals surface area contributed by atoms with Gasteiger partial charge in [0.25, 0.3) is 0 Å². The van der Waals surface area contributed by atoms with Gasteiger partial charge in [-0.25, -0.2) is 9.97 Å². The highest BCUT2D eigenvalue weighted by atomic mass is 16.5. The Morgan fingerprint density at radius 1 is 1.20 bits per heavy atom. The van der Waals surface area contributed by atoms with Crippen molar-refractivity contribution in [2.24, 2.45) is 11.8 Å². The molecular formula is C27H34N6O2. The van der Waals surface area contributed by atoms with Gasteiger partial charge in [0.1, 0.15) is 17.4 Å². The molecule has 0 saturated carbocycles. The van der Waals surface area contributed by atoms with Crippen LogP contribution in [0.3, 0.4) is 0 Å². The van der Waals surface area contributed by atoms with Gasteiger partial charge in [0.05, 0.1) is 6.61 Å². The summed E-state index contributed by atoms with van der Waals surface area (Å²) in [5.41, 5.74) is 1.24. The van der Waals surface area contributed by atoms with E-state index >= 15 is 0 Å². The Balaban J connectivity index is 1.39. The number of benzene rings is 1. The third-order valence-corrected chi connectivity index (χ3v) is 6.89. The number of carbonyl (C=O) groups excluding carboxylic acids is 1. The molecule has 0 spiro atoms. The van der Waals surface area contributed by atoms with Crippen molar-refractivity contribution in [2.75, 3.05) is 36.5 Å². The number of aromatic nitrogens is 3. The average Bonchev–Trinajstić information content (AvgIpc) is 3.27. The molecule has 2 atom stereocenters. The fourth-order valence-electron chi connectivity index (χ4n) is 5.00. The molecule has 184 valence electrons. The zero-order chi connectivity index (χ0) is 24.4. The summed E-state index contributed by atoms with van der Waals surface area (Å²) in [6, 6.07) is 8.10. The zero-order valence-electron chi connectivity index (χ0n) is 20.8. The number of ether oxygens (including phenoxy) is 1. The van der Waals surface area contributed by atoms with E-state index in [0.717, 1.165) is 47.2 Å². The van der Waals surface area contributed by atoms with E-state index in [1.165, 1.54) is 18.4 Å². The lowest BCUT2D eigenvalue weighted by molar-refractivity contribution is -0.119. The van der Waals surface area contributed by atoms with Crippen LogP contribution >= 0.6 is 0 Å². The zero-order valence-corrected chi connectivity index (χ0v) is 20.8. The van der Waals surface area contributed by atoms with Gasteiger partial charge in [0.15, 0.2) is 0 Å². The van der Waals surface area contributed by atoms with E-state index in [2.05, 4.69) is 58.4 Å². The highest BCUT2D eigenvalue weighted by Crippen LogP contribution is 2.34. The summed E-state index contributed by atoms with van der Waals surface area (Å²) in [4.78, 5) is 27.7. The molecule has 2 fully saturated rings. The van der Waals surface area contributed by atoms with Crippen LogP contribution < -0.4 is 20.3 Å². The normalized spacial score (nSPS) is 20.3. The monoisotopic (exact) mass is 474 g/mol. The maximum atomic E-state index is 11.5. The van der Waals surface area contributed by atoms with E-state index in [1.54, 1.807) is 6.20 Å². The second kappa shape index (κ2) is 10.1. The molecule has 2 saturated heterocycles. The third-order valence-electron chi connectivity index (χ3n) is 6.89. The molecule has 4 heterocycles. The van der Waals surface area contributed by atoms with Gasteiger partial charge in [-0.3, -0.25) is 4.79 Å². The molecule has 2 aliphatic heterocycles. The van der Waals surface area contributed by atoms with Gasteiger partial charge in [0.2, 0.25) is 11.9 Å². The number of amides is 1. The van der Waals surface area contributed by atoms with E-state index in [0.29, 0.717) is 31.4 Å². The van der Waals surface area contributed by atoms with Gasteiger partial charge >= 0.3 is 0 Å². The van der Waals surface area contributed by atoms with Crippen molar-refractivity contribution in [3.63, 3.8) is 0 Å². The number of nitrogens with one attached hydrogen (secondary N) is 2. The molecule has 1 aromatic carbocycles. The lowest BCUT2D eigenvalue weighted by Crippen LogP contribution is -2.35. The van der Waals surface area contributed by atoms with Crippen LogP contribution in [-0.2, 0) is 4.79 Å². The Morgan fingerprint density at radius 3 is 2.86 bits per heavy atom. The van der Waals surface area contributed by atoms with Crippen LogP contribution in [-0.4, -0.2) is 47.1 Å². The van der Waals surface area contributed by atoms with E-state index < -0.39 is 0 Å². The Labute approximate surface area is 206 Å². The molecule has 5 rings (SSSR count). The number of rotatable bonds is 7. The number of fused-ring (bicyclic) bond motifs is 1. The molecular weight excluding hydrogens is 440 g/mol. The summed E-state index contributed by atoms with van der Waals surface area (Å²) in [6.07, 6.45) is 6.62. The molecule has 8 heteroatoms. The largest absolute Gasteiger partial charge is 0.493 e. The third kappa shape index (κ3) is 5.31. The van der Waals surface area contributed by atoms with E-state index in [1.807, 2.05) is 18.3 Å². The highest BCUT2D eigenvalue weighted by molar-refractivity contribution is 5.92. The number of hydrogen-bond donors (Lipinski definition) is 2. The molecule has 2 unspecified atom stereocenters. The van der Waals surface area contributed by atoms with Crippen LogP contribution in [0.1, 0.15) is 51.5 Å². The number of pyridine rings is 1. The summed E-state index contributed by atoms with van der Waals surface area (Å²) in [5.74, 6) is 4.33.